The molecular formula is C7H7AgN3O2+. The minimum atomic E-state index is 0. The third-order valence-electron chi connectivity index (χ3n) is 1.64. The molecule has 0 aliphatic heterocycles. The number of hydrogen-bond acceptors (Lipinski definition) is 4. The van der Waals surface area contributed by atoms with Gasteiger partial charge in [0.25, 0.3) is 0 Å². The van der Waals surface area contributed by atoms with Gasteiger partial charge in [0.2, 0.25) is 0 Å². The van der Waals surface area contributed by atoms with Crippen molar-refractivity contribution in [3.05, 3.63) is 18.2 Å². The van der Waals surface area contributed by atoms with Crippen LogP contribution in [0.1, 0.15) is 0 Å². The van der Waals surface area contributed by atoms with Crippen molar-refractivity contribution in [3.63, 3.8) is 0 Å². The number of benzene rings is 1. The van der Waals surface area contributed by atoms with Crippen LogP contribution in [0.2, 0.25) is 0 Å². The Hall–Kier alpha value is -1.04. The Morgan fingerprint density at radius 3 is 2.92 bits per heavy atom. The summed E-state index contributed by atoms with van der Waals surface area (Å²) in [5, 5.41) is 16.2. The Morgan fingerprint density at radius 2 is 2.23 bits per heavy atom. The van der Waals surface area contributed by atoms with Crippen LogP contribution in [0.5, 0.6) is 5.75 Å². The zero-order valence-corrected chi connectivity index (χ0v) is 8.21. The molecule has 2 aromatic rings. The molecule has 0 amide bonds. The number of rotatable bonds is 1. The zero-order valence-electron chi connectivity index (χ0n) is 6.73. The average molecular weight is 273 g/mol. The molecule has 0 aliphatic carbocycles. The van der Waals surface area contributed by atoms with Gasteiger partial charge in [0.1, 0.15) is 16.8 Å². The number of nitrogens with zero attached hydrogens (tertiary/aromatic N) is 3. The summed E-state index contributed by atoms with van der Waals surface area (Å²) >= 11 is 0. The van der Waals surface area contributed by atoms with Crippen LogP contribution in [0.3, 0.4) is 0 Å². The van der Waals surface area contributed by atoms with Crippen molar-refractivity contribution in [2.45, 2.75) is 0 Å². The molecule has 2 rings (SSSR count). The average Bonchev–Trinajstić information content (AvgIpc) is 2.47. The molecular weight excluding hydrogens is 266 g/mol. The van der Waals surface area contributed by atoms with Gasteiger partial charge in [0, 0.05) is 6.07 Å². The van der Waals surface area contributed by atoms with E-state index in [4.69, 9.17) is 9.94 Å². The van der Waals surface area contributed by atoms with E-state index in [9.17, 15) is 0 Å². The van der Waals surface area contributed by atoms with Crippen LogP contribution in [0, 0.1) is 0 Å². The van der Waals surface area contributed by atoms with Crippen molar-refractivity contribution in [1.82, 2.24) is 15.2 Å². The van der Waals surface area contributed by atoms with Gasteiger partial charge < -0.3 is 9.94 Å². The van der Waals surface area contributed by atoms with Gasteiger partial charge >= 0.3 is 22.4 Å². The van der Waals surface area contributed by atoms with E-state index in [1.807, 2.05) is 0 Å². The molecule has 0 fully saturated rings. The van der Waals surface area contributed by atoms with Gasteiger partial charge in [-0.1, -0.05) is 4.85 Å². The molecule has 0 spiro atoms. The second-order valence-electron chi connectivity index (χ2n) is 2.33. The molecule has 1 aromatic heterocycles. The summed E-state index contributed by atoms with van der Waals surface area (Å²) in [5.41, 5.74) is 1.17. The second kappa shape index (κ2) is 3.78. The molecule has 0 aliphatic rings. The summed E-state index contributed by atoms with van der Waals surface area (Å²) in [7, 11) is 1.57. The summed E-state index contributed by atoms with van der Waals surface area (Å²) in [6.45, 7) is 0. The molecule has 0 unspecified atom stereocenters. The van der Waals surface area contributed by atoms with Gasteiger partial charge in [-0.3, -0.25) is 0 Å². The first-order valence-corrected chi connectivity index (χ1v) is 3.40. The van der Waals surface area contributed by atoms with E-state index >= 15 is 0 Å². The van der Waals surface area contributed by atoms with Crippen molar-refractivity contribution in [1.29, 1.82) is 0 Å². The van der Waals surface area contributed by atoms with Crippen LogP contribution in [0.4, 0.5) is 0 Å². The fourth-order valence-electron chi connectivity index (χ4n) is 1.02. The van der Waals surface area contributed by atoms with Crippen LogP contribution >= 0.6 is 0 Å². The fourth-order valence-corrected chi connectivity index (χ4v) is 1.02. The predicted octanol–water partition coefficient (Wildman–Crippen LogP) is 0.675. The molecule has 72 valence electrons. The standard InChI is InChI=1S/C7H7N3O2.Ag/c1-12-5-2-3-7-6(4-5)8-9-10(7)11;/h2-4,11H,1H3;/q;+1. The molecule has 5 nitrogen and oxygen atoms in total. The van der Waals surface area contributed by atoms with Crippen molar-refractivity contribution in [3.8, 4) is 5.75 Å². The summed E-state index contributed by atoms with van der Waals surface area (Å²) in [6.07, 6.45) is 0. The van der Waals surface area contributed by atoms with Crippen LogP contribution in [0.25, 0.3) is 11.0 Å². The van der Waals surface area contributed by atoms with Gasteiger partial charge in [0.15, 0.2) is 0 Å². The number of methoxy groups -OCH3 is 1. The normalized spacial score (nSPS) is 9.62. The smallest absolute Gasteiger partial charge is 0.497 e. The molecule has 0 saturated carbocycles. The van der Waals surface area contributed by atoms with Crippen LogP contribution in [-0.4, -0.2) is 27.5 Å². The van der Waals surface area contributed by atoms with Gasteiger partial charge in [-0.15, -0.1) is 5.10 Å². The maximum atomic E-state index is 9.08. The quantitative estimate of drug-likeness (QED) is 0.613. The van der Waals surface area contributed by atoms with Crippen LogP contribution in [-0.2, 0) is 22.4 Å². The molecule has 0 saturated heterocycles. The third-order valence-corrected chi connectivity index (χ3v) is 1.64. The van der Waals surface area contributed by atoms with E-state index in [0.717, 1.165) is 4.85 Å². The van der Waals surface area contributed by atoms with E-state index in [1.54, 1.807) is 25.3 Å². The van der Waals surface area contributed by atoms with Crippen LogP contribution in [0.15, 0.2) is 18.2 Å². The van der Waals surface area contributed by atoms with Gasteiger partial charge in [-0.25, -0.2) is 0 Å². The number of ether oxygens (including phenoxy) is 1. The van der Waals surface area contributed by atoms with Crippen molar-refractivity contribution < 1.29 is 32.3 Å². The van der Waals surface area contributed by atoms with Gasteiger partial charge in [-0.05, 0) is 17.3 Å². The predicted molar refractivity (Wildman–Crippen MR) is 41.3 cm³/mol. The zero-order chi connectivity index (χ0) is 8.55. The van der Waals surface area contributed by atoms with Crippen molar-refractivity contribution in [2.75, 3.05) is 7.11 Å². The van der Waals surface area contributed by atoms with Crippen molar-refractivity contribution in [2.24, 2.45) is 0 Å². The van der Waals surface area contributed by atoms with E-state index in [-0.39, 0.29) is 22.4 Å². The molecule has 1 N–H and O–H groups in total. The largest absolute Gasteiger partial charge is 1.00 e. The number of hydrogen-bond donors (Lipinski definition) is 1. The Labute approximate surface area is 89.8 Å². The Morgan fingerprint density at radius 1 is 1.46 bits per heavy atom. The SMILES string of the molecule is COc1ccc2c(c1)nnn2O.[Ag+]. The maximum Gasteiger partial charge on any atom is 1.00 e. The minimum absolute atomic E-state index is 0. The summed E-state index contributed by atoms with van der Waals surface area (Å²) < 4.78 is 4.97. The molecule has 1 heterocycles. The summed E-state index contributed by atoms with van der Waals surface area (Å²) in [5.74, 6) is 0.697. The Kier molecular flexibility index (Phi) is 2.92. The maximum absolute atomic E-state index is 9.08. The Bertz CT molecular complexity index is 415. The fraction of sp³-hybridized carbons (Fsp3) is 0.143. The molecule has 0 atom stereocenters. The first-order chi connectivity index (χ1) is 5.81. The number of fused-ring (bicyclic) bond motifs is 1. The van der Waals surface area contributed by atoms with E-state index in [1.165, 1.54) is 0 Å². The molecule has 0 radical (unpaired) electrons. The number of aromatic nitrogens is 3. The first kappa shape index (κ1) is 10.0. The monoisotopic (exact) mass is 272 g/mol. The topological polar surface area (TPSA) is 60.2 Å². The van der Waals surface area contributed by atoms with Crippen LogP contribution < -0.4 is 4.74 Å². The Balaban J connectivity index is 0.000000845. The molecule has 6 heteroatoms. The van der Waals surface area contributed by atoms with E-state index in [2.05, 4.69) is 10.3 Å². The minimum Gasteiger partial charge on any atom is -0.497 e. The molecule has 0 bridgehead atoms. The van der Waals surface area contributed by atoms with E-state index < -0.39 is 0 Å². The molecule has 13 heavy (non-hydrogen) atoms. The van der Waals surface area contributed by atoms with E-state index in [0.29, 0.717) is 16.8 Å². The second-order valence-corrected chi connectivity index (χ2v) is 2.33. The van der Waals surface area contributed by atoms with Gasteiger partial charge in [0.05, 0.1) is 7.11 Å². The summed E-state index contributed by atoms with van der Waals surface area (Å²) in [6, 6.07) is 5.13. The summed E-state index contributed by atoms with van der Waals surface area (Å²) in [4.78, 5) is 0.731. The van der Waals surface area contributed by atoms with Gasteiger partial charge in [-0.2, -0.15) is 0 Å². The molecule has 1 aromatic carbocycles. The first-order valence-electron chi connectivity index (χ1n) is 3.40. The van der Waals surface area contributed by atoms with Crippen molar-refractivity contribution >= 4 is 11.0 Å². The third kappa shape index (κ3) is 1.67.